The Morgan fingerprint density at radius 3 is 2.54 bits per heavy atom. The van der Waals surface area contributed by atoms with Gasteiger partial charge in [0.05, 0.1) is 29.4 Å². The monoisotopic (exact) mass is 706 g/mol. The van der Waals surface area contributed by atoms with Crippen LogP contribution in [-0.2, 0) is 24.7 Å². The number of alkyl halides is 3. The highest BCUT2D eigenvalue weighted by Crippen LogP contribution is 2.54. The highest BCUT2D eigenvalue weighted by Gasteiger charge is 2.53. The molecular formula is C37H33F3N10O2. The number of nitrogens with zero attached hydrogens (tertiary/aromatic N) is 9. The fraction of sp³-hybridized carbons (Fsp3) is 0.351. The number of aryl methyl sites for hydroxylation is 1. The molecule has 15 heteroatoms. The third kappa shape index (κ3) is 5.37. The Balaban J connectivity index is 1.18. The molecule has 6 aromatic rings. The van der Waals surface area contributed by atoms with E-state index in [-0.39, 0.29) is 17.5 Å². The summed E-state index contributed by atoms with van der Waals surface area (Å²) in [5.41, 5.74) is 2.80. The SMILES string of the molecule is COc1ncnc(C2CC2)c1-c1ncnc(N(Cc2ccc3c(c2)CC[C@@H](C)n2cc(C(F)(F)F)nc2-3)C2(c3n[nH]c(=O)c4ccccc34)CC2)n1. The molecule has 3 aliphatic rings. The van der Waals surface area contributed by atoms with Crippen LogP contribution < -0.4 is 15.2 Å². The summed E-state index contributed by atoms with van der Waals surface area (Å²) in [6, 6.07) is 13.1. The second kappa shape index (κ2) is 11.9. The smallest absolute Gasteiger partial charge is 0.434 e. The number of aromatic nitrogens is 9. The third-order valence-corrected chi connectivity index (χ3v) is 10.5. The number of methoxy groups -OCH3 is 1. The van der Waals surface area contributed by atoms with E-state index < -0.39 is 17.4 Å². The van der Waals surface area contributed by atoms with Gasteiger partial charge in [0.15, 0.2) is 11.5 Å². The topological polar surface area (TPSA) is 140 Å². The summed E-state index contributed by atoms with van der Waals surface area (Å²) in [6.45, 7) is 2.25. The molecule has 4 aromatic heterocycles. The lowest BCUT2D eigenvalue weighted by Crippen LogP contribution is -2.38. The van der Waals surface area contributed by atoms with Gasteiger partial charge < -0.3 is 14.2 Å². The van der Waals surface area contributed by atoms with Gasteiger partial charge in [0, 0.05) is 35.7 Å². The van der Waals surface area contributed by atoms with Crippen LogP contribution in [0.1, 0.15) is 79.2 Å². The molecule has 0 radical (unpaired) electrons. The summed E-state index contributed by atoms with van der Waals surface area (Å²) in [6.07, 6.45) is 4.27. The summed E-state index contributed by atoms with van der Waals surface area (Å²) in [7, 11) is 1.55. The lowest BCUT2D eigenvalue weighted by atomic mass is 9.98. The molecule has 264 valence electrons. The van der Waals surface area contributed by atoms with Gasteiger partial charge in [0.2, 0.25) is 11.8 Å². The van der Waals surface area contributed by atoms with Crippen molar-refractivity contribution in [2.45, 2.75) is 75.7 Å². The molecule has 12 nitrogen and oxygen atoms in total. The van der Waals surface area contributed by atoms with Crippen LogP contribution >= 0.6 is 0 Å². The molecule has 2 aromatic carbocycles. The first-order chi connectivity index (χ1) is 25.1. The maximum atomic E-state index is 13.7. The highest BCUT2D eigenvalue weighted by molar-refractivity contribution is 5.85. The predicted molar refractivity (Wildman–Crippen MR) is 185 cm³/mol. The van der Waals surface area contributed by atoms with Gasteiger partial charge in [-0.1, -0.05) is 36.4 Å². The summed E-state index contributed by atoms with van der Waals surface area (Å²) in [5, 5.41) is 8.60. The largest absolute Gasteiger partial charge is 0.480 e. The Labute approximate surface area is 295 Å². The van der Waals surface area contributed by atoms with E-state index in [1.165, 1.54) is 12.7 Å². The van der Waals surface area contributed by atoms with Gasteiger partial charge >= 0.3 is 6.18 Å². The molecule has 9 rings (SSSR count). The van der Waals surface area contributed by atoms with Gasteiger partial charge in [-0.15, -0.1) is 0 Å². The Morgan fingerprint density at radius 2 is 1.79 bits per heavy atom. The van der Waals surface area contributed by atoms with Crippen molar-refractivity contribution in [2.24, 2.45) is 0 Å². The minimum Gasteiger partial charge on any atom is -0.480 e. The lowest BCUT2D eigenvalue weighted by molar-refractivity contribution is -0.140. The van der Waals surface area contributed by atoms with Crippen LogP contribution in [0.25, 0.3) is 33.5 Å². The molecule has 2 fully saturated rings. The number of hydrogen-bond acceptors (Lipinski definition) is 10. The van der Waals surface area contributed by atoms with E-state index in [1.54, 1.807) is 17.7 Å². The van der Waals surface area contributed by atoms with Crippen LogP contribution in [0.2, 0.25) is 0 Å². The molecule has 0 spiro atoms. The fourth-order valence-electron chi connectivity index (χ4n) is 7.51. The van der Waals surface area contributed by atoms with Crippen molar-refractivity contribution < 1.29 is 17.9 Å². The lowest BCUT2D eigenvalue weighted by Gasteiger charge is -2.32. The Bertz CT molecular complexity index is 2420. The number of ether oxygens (including phenoxy) is 1. The molecule has 1 N–H and O–H groups in total. The molecular weight excluding hydrogens is 673 g/mol. The van der Waals surface area contributed by atoms with Gasteiger partial charge in [0.1, 0.15) is 24.0 Å². The van der Waals surface area contributed by atoms with Crippen LogP contribution in [0.15, 0.2) is 66.1 Å². The third-order valence-electron chi connectivity index (χ3n) is 10.5. The van der Waals surface area contributed by atoms with E-state index in [2.05, 4.69) is 35.0 Å². The maximum absolute atomic E-state index is 13.7. The number of H-pyrrole nitrogens is 1. The number of fused-ring (bicyclic) bond motifs is 4. The zero-order valence-electron chi connectivity index (χ0n) is 28.4. The zero-order chi connectivity index (χ0) is 35.8. The average molecular weight is 707 g/mol. The van der Waals surface area contributed by atoms with E-state index in [1.807, 2.05) is 43.3 Å². The van der Waals surface area contributed by atoms with Crippen LogP contribution in [0.4, 0.5) is 19.1 Å². The number of benzene rings is 2. The molecule has 0 bridgehead atoms. The maximum Gasteiger partial charge on any atom is 0.434 e. The van der Waals surface area contributed by atoms with Gasteiger partial charge in [0.25, 0.3) is 5.56 Å². The van der Waals surface area contributed by atoms with Crippen molar-refractivity contribution in [3.63, 3.8) is 0 Å². The zero-order valence-corrected chi connectivity index (χ0v) is 28.4. The van der Waals surface area contributed by atoms with E-state index in [0.717, 1.165) is 41.2 Å². The summed E-state index contributed by atoms with van der Waals surface area (Å²) < 4.78 is 48.5. The molecule has 2 aliphatic carbocycles. The second-order valence-electron chi connectivity index (χ2n) is 13.8. The Hall–Kier alpha value is -5.73. The number of nitrogens with one attached hydrogen (secondary N) is 1. The quantitative estimate of drug-likeness (QED) is 0.186. The van der Waals surface area contributed by atoms with Crippen molar-refractivity contribution in [1.29, 1.82) is 0 Å². The molecule has 0 saturated heterocycles. The minimum absolute atomic E-state index is 0.164. The first-order valence-electron chi connectivity index (χ1n) is 17.3. The van der Waals surface area contributed by atoms with Crippen LogP contribution in [-0.4, -0.2) is 51.8 Å². The fourth-order valence-corrected chi connectivity index (χ4v) is 7.51. The van der Waals surface area contributed by atoms with Gasteiger partial charge in [-0.25, -0.2) is 30.0 Å². The average Bonchev–Trinajstić information content (AvgIpc) is 4.10. The molecule has 5 heterocycles. The van der Waals surface area contributed by atoms with Crippen molar-refractivity contribution in [3.05, 3.63) is 99.9 Å². The number of anilines is 1. The van der Waals surface area contributed by atoms with E-state index in [4.69, 9.17) is 14.7 Å². The van der Waals surface area contributed by atoms with Gasteiger partial charge in [-0.3, -0.25) is 4.79 Å². The summed E-state index contributed by atoms with van der Waals surface area (Å²) >= 11 is 0. The van der Waals surface area contributed by atoms with Crippen molar-refractivity contribution in [1.82, 2.24) is 44.7 Å². The van der Waals surface area contributed by atoms with Crippen molar-refractivity contribution in [2.75, 3.05) is 12.0 Å². The molecule has 0 unspecified atom stereocenters. The van der Waals surface area contributed by atoms with E-state index in [0.29, 0.717) is 77.9 Å². The van der Waals surface area contributed by atoms with E-state index in [9.17, 15) is 18.0 Å². The van der Waals surface area contributed by atoms with Crippen molar-refractivity contribution in [3.8, 4) is 28.7 Å². The minimum atomic E-state index is -4.54. The highest BCUT2D eigenvalue weighted by atomic mass is 19.4. The number of aromatic amines is 1. The predicted octanol–water partition coefficient (Wildman–Crippen LogP) is 6.54. The first kappa shape index (κ1) is 32.2. The van der Waals surface area contributed by atoms with Crippen LogP contribution in [0.3, 0.4) is 0 Å². The van der Waals surface area contributed by atoms with Crippen LogP contribution in [0, 0.1) is 0 Å². The Kier molecular flexibility index (Phi) is 7.38. The molecule has 0 amide bonds. The number of imidazole rings is 1. The van der Waals surface area contributed by atoms with Crippen molar-refractivity contribution >= 4 is 16.7 Å². The number of halogens is 3. The first-order valence-corrected chi connectivity index (χ1v) is 17.3. The number of hydrogen-bond donors (Lipinski definition) is 1. The Morgan fingerprint density at radius 1 is 1.00 bits per heavy atom. The number of rotatable bonds is 8. The molecule has 2 saturated carbocycles. The van der Waals surface area contributed by atoms with E-state index >= 15 is 0 Å². The normalized spacial score (nSPS) is 17.7. The molecule has 52 heavy (non-hydrogen) atoms. The van der Waals surface area contributed by atoms with Crippen LogP contribution in [0.5, 0.6) is 5.88 Å². The molecule has 1 atom stereocenters. The second-order valence-corrected chi connectivity index (χ2v) is 13.8. The van der Waals surface area contributed by atoms with Gasteiger partial charge in [-0.2, -0.15) is 23.3 Å². The summed E-state index contributed by atoms with van der Waals surface area (Å²) in [5.74, 6) is 1.72. The standard InChI is InChI=1S/C37H33F3N10O2/c1-20-7-9-23-15-21(8-12-24(23)32-45-27(17-49(20)32)37(38,39)40)16-50(36(13-14-36)30-25-5-3-4-6-26(25)33(51)48-47-30)35-44-19-42-31(46-35)28-29(22-10-11-22)41-18-43-34(28)52-2/h3-6,8,12,15,17-20,22H,7,9-11,13-14,16H2,1-2H3,(H,48,51)/t20-/m1/s1. The van der Waals surface area contributed by atoms with Gasteiger partial charge in [-0.05, 0) is 62.6 Å². The summed E-state index contributed by atoms with van der Waals surface area (Å²) in [4.78, 5) is 42.3. The molecule has 1 aliphatic heterocycles.